The van der Waals surface area contributed by atoms with Crippen molar-refractivity contribution in [3.8, 4) is 0 Å². The molecule has 0 radical (unpaired) electrons. The first kappa shape index (κ1) is 14.6. The van der Waals surface area contributed by atoms with Crippen LogP contribution in [0.3, 0.4) is 0 Å². The summed E-state index contributed by atoms with van der Waals surface area (Å²) in [4.78, 5) is 7.31. The molecule has 4 heteroatoms. The Morgan fingerprint density at radius 3 is 2.50 bits per heavy atom. The minimum atomic E-state index is -0.0386. The zero-order valence-electron chi connectivity index (χ0n) is 12.2. The van der Waals surface area contributed by atoms with Gasteiger partial charge in [0.25, 0.3) is 0 Å². The molecule has 1 unspecified atom stereocenters. The summed E-state index contributed by atoms with van der Waals surface area (Å²) in [5.41, 5.74) is 8.39. The topological polar surface area (TPSA) is 53.1 Å². The highest BCUT2D eigenvalue weighted by Gasteiger charge is 2.20. The van der Waals surface area contributed by atoms with Gasteiger partial charge in [-0.05, 0) is 17.5 Å². The predicted octanol–water partition coefficient (Wildman–Crippen LogP) is 2.95. The molecule has 0 spiro atoms. The second-order valence-electron chi connectivity index (χ2n) is 4.99. The lowest BCUT2D eigenvalue weighted by Gasteiger charge is -2.21. The van der Waals surface area contributed by atoms with E-state index in [-0.39, 0.29) is 6.04 Å². The maximum atomic E-state index is 6.33. The first-order valence-corrected chi connectivity index (χ1v) is 7.23. The van der Waals surface area contributed by atoms with Crippen LogP contribution in [0.1, 0.15) is 44.0 Å². The first-order chi connectivity index (χ1) is 9.76. The number of hydrogen-bond acceptors (Lipinski definition) is 3. The second-order valence-corrected chi connectivity index (χ2v) is 4.99. The van der Waals surface area contributed by atoms with Crippen molar-refractivity contribution in [3.05, 3.63) is 53.9 Å². The summed E-state index contributed by atoms with van der Waals surface area (Å²) in [6.45, 7) is 4.82. The maximum absolute atomic E-state index is 6.33. The zero-order chi connectivity index (χ0) is 14.4. The molecule has 0 bridgehead atoms. The van der Waals surface area contributed by atoms with Crippen LogP contribution >= 0.6 is 0 Å². The van der Waals surface area contributed by atoms with Gasteiger partial charge in [-0.15, -0.1) is 9.94 Å². The smallest absolute Gasteiger partial charge is 0.142 e. The molecule has 4 nitrogen and oxygen atoms in total. The van der Waals surface area contributed by atoms with Crippen LogP contribution in [0, 0.1) is 5.92 Å². The van der Waals surface area contributed by atoms with E-state index in [1.165, 1.54) is 0 Å². The van der Waals surface area contributed by atoms with Crippen molar-refractivity contribution >= 4 is 0 Å². The van der Waals surface area contributed by atoms with E-state index in [2.05, 4.69) is 18.9 Å². The van der Waals surface area contributed by atoms with E-state index in [9.17, 15) is 0 Å². The van der Waals surface area contributed by atoms with Crippen LogP contribution in [-0.2, 0) is 6.61 Å². The van der Waals surface area contributed by atoms with E-state index in [1.807, 2.05) is 36.4 Å². The number of nitrogens with zero attached hydrogens (tertiary/aromatic N) is 2. The Kier molecular flexibility index (Phi) is 5.18. The Hall–Kier alpha value is -1.81. The zero-order valence-corrected chi connectivity index (χ0v) is 12.2. The molecule has 0 aliphatic carbocycles. The van der Waals surface area contributed by atoms with E-state index >= 15 is 0 Å². The van der Waals surface area contributed by atoms with Crippen molar-refractivity contribution in [2.45, 2.75) is 39.3 Å². The molecule has 2 rings (SSSR count). The minimum Gasteiger partial charge on any atom is -0.392 e. The summed E-state index contributed by atoms with van der Waals surface area (Å²) >= 11 is 0. The molecule has 0 amide bonds. The third kappa shape index (κ3) is 3.39. The molecule has 2 N–H and O–H groups in total. The Morgan fingerprint density at radius 1 is 1.15 bits per heavy atom. The van der Waals surface area contributed by atoms with Gasteiger partial charge in [0.05, 0.1) is 17.9 Å². The van der Waals surface area contributed by atoms with Gasteiger partial charge in [-0.1, -0.05) is 57.0 Å². The third-order valence-electron chi connectivity index (χ3n) is 3.73. The van der Waals surface area contributed by atoms with Gasteiger partial charge in [0.2, 0.25) is 0 Å². The summed E-state index contributed by atoms with van der Waals surface area (Å²) in [5.74, 6) is 0.450. The highest BCUT2D eigenvalue weighted by atomic mass is 16.7. The largest absolute Gasteiger partial charge is 0.392 e. The van der Waals surface area contributed by atoms with Crippen LogP contribution in [0.25, 0.3) is 0 Å². The van der Waals surface area contributed by atoms with E-state index < -0.39 is 0 Å². The fourth-order valence-corrected chi connectivity index (χ4v) is 2.40. The van der Waals surface area contributed by atoms with Gasteiger partial charge in [-0.25, -0.2) is 0 Å². The highest BCUT2D eigenvalue weighted by Crippen LogP contribution is 2.24. The molecule has 1 atom stereocenters. The van der Waals surface area contributed by atoms with Crippen LogP contribution in [0.5, 0.6) is 0 Å². The molecule has 108 valence electrons. The minimum absolute atomic E-state index is 0.0386. The van der Waals surface area contributed by atoms with Gasteiger partial charge >= 0.3 is 0 Å². The van der Waals surface area contributed by atoms with E-state index in [0.717, 1.165) is 24.1 Å². The first-order valence-electron chi connectivity index (χ1n) is 7.23. The van der Waals surface area contributed by atoms with Crippen LogP contribution in [-0.4, -0.2) is 9.94 Å². The third-order valence-corrected chi connectivity index (χ3v) is 3.73. The SMILES string of the molecule is CCC(CC)C(N)c1ccnn1OCc1ccccc1. The molecule has 2 aromatic rings. The summed E-state index contributed by atoms with van der Waals surface area (Å²) in [5, 5.41) is 4.22. The average Bonchev–Trinajstić information content (AvgIpc) is 2.95. The fraction of sp³-hybridized carbons (Fsp3) is 0.438. The standard InChI is InChI=1S/C16H23N3O/c1-3-14(4-2)16(17)15-10-11-18-19(15)20-12-13-8-6-5-7-9-13/h5-11,14,16H,3-4,12,17H2,1-2H3. The summed E-state index contributed by atoms with van der Waals surface area (Å²) < 4.78 is 0. The molecule has 0 aliphatic heterocycles. The number of nitrogens with two attached hydrogens (primary N) is 1. The Balaban J connectivity index is 2.05. The van der Waals surface area contributed by atoms with E-state index in [1.54, 1.807) is 11.0 Å². The van der Waals surface area contributed by atoms with Gasteiger partial charge in [-0.2, -0.15) is 0 Å². The highest BCUT2D eigenvalue weighted by molar-refractivity contribution is 5.13. The fourth-order valence-electron chi connectivity index (χ4n) is 2.40. The summed E-state index contributed by atoms with van der Waals surface area (Å²) in [7, 11) is 0. The summed E-state index contributed by atoms with van der Waals surface area (Å²) in [6.07, 6.45) is 3.85. The average molecular weight is 273 g/mol. The molecule has 0 aliphatic rings. The lowest BCUT2D eigenvalue weighted by atomic mass is 9.93. The normalized spacial score (nSPS) is 12.6. The van der Waals surface area contributed by atoms with Crippen molar-refractivity contribution < 1.29 is 4.84 Å². The monoisotopic (exact) mass is 273 g/mol. The second kappa shape index (κ2) is 7.10. The number of hydrogen-bond donors (Lipinski definition) is 1. The van der Waals surface area contributed by atoms with Gasteiger partial charge in [0, 0.05) is 0 Å². The Bertz CT molecular complexity index is 505. The molecular formula is C16H23N3O. The lowest BCUT2D eigenvalue weighted by Crippen LogP contribution is -2.26. The molecule has 20 heavy (non-hydrogen) atoms. The molecular weight excluding hydrogens is 250 g/mol. The van der Waals surface area contributed by atoms with Crippen LogP contribution in [0.15, 0.2) is 42.6 Å². The number of benzene rings is 1. The predicted molar refractivity (Wildman–Crippen MR) is 80.0 cm³/mol. The molecule has 0 saturated heterocycles. The molecule has 0 saturated carbocycles. The van der Waals surface area contributed by atoms with E-state index in [0.29, 0.717) is 12.5 Å². The lowest BCUT2D eigenvalue weighted by molar-refractivity contribution is 0.0590. The molecule has 1 aromatic carbocycles. The molecule has 1 heterocycles. The van der Waals surface area contributed by atoms with Gasteiger partial charge in [-0.3, -0.25) is 0 Å². The van der Waals surface area contributed by atoms with E-state index in [4.69, 9.17) is 10.6 Å². The number of rotatable bonds is 7. The van der Waals surface area contributed by atoms with Crippen molar-refractivity contribution in [1.82, 2.24) is 9.94 Å². The Morgan fingerprint density at radius 2 is 1.85 bits per heavy atom. The number of aromatic nitrogens is 2. The van der Waals surface area contributed by atoms with Crippen LogP contribution < -0.4 is 10.6 Å². The van der Waals surface area contributed by atoms with Crippen LogP contribution in [0.2, 0.25) is 0 Å². The molecule has 0 fully saturated rings. The van der Waals surface area contributed by atoms with Gasteiger partial charge < -0.3 is 10.6 Å². The molecule has 1 aromatic heterocycles. The maximum Gasteiger partial charge on any atom is 0.142 e. The van der Waals surface area contributed by atoms with Gasteiger partial charge in [0.1, 0.15) is 6.61 Å². The van der Waals surface area contributed by atoms with Crippen molar-refractivity contribution in [2.75, 3.05) is 0 Å². The Labute approximate surface area is 120 Å². The van der Waals surface area contributed by atoms with Crippen LogP contribution in [0.4, 0.5) is 0 Å². The van der Waals surface area contributed by atoms with Crippen molar-refractivity contribution in [1.29, 1.82) is 0 Å². The van der Waals surface area contributed by atoms with Gasteiger partial charge in [0.15, 0.2) is 0 Å². The quantitative estimate of drug-likeness (QED) is 0.844. The van der Waals surface area contributed by atoms with Crippen molar-refractivity contribution in [2.24, 2.45) is 11.7 Å². The summed E-state index contributed by atoms with van der Waals surface area (Å²) in [6, 6.07) is 12.0. The van der Waals surface area contributed by atoms with Crippen molar-refractivity contribution in [3.63, 3.8) is 0 Å².